The summed E-state index contributed by atoms with van der Waals surface area (Å²) in [6, 6.07) is 6.46. The summed E-state index contributed by atoms with van der Waals surface area (Å²) in [5.74, 6) is -2.27. The number of allylic oxidation sites excluding steroid dienone is 2. The summed E-state index contributed by atoms with van der Waals surface area (Å²) in [7, 11) is 0. The lowest BCUT2D eigenvalue weighted by Crippen LogP contribution is -2.07. The van der Waals surface area contributed by atoms with Crippen LogP contribution in [0.15, 0.2) is 35.9 Å². The van der Waals surface area contributed by atoms with Crippen molar-refractivity contribution in [3.8, 4) is 11.1 Å². The van der Waals surface area contributed by atoms with Crippen LogP contribution in [0.4, 0.5) is 13.2 Å². The van der Waals surface area contributed by atoms with Gasteiger partial charge in [0.05, 0.1) is 0 Å². The molecule has 3 heteroatoms. The van der Waals surface area contributed by atoms with E-state index in [-0.39, 0.29) is 11.1 Å². The average Bonchev–Trinajstić information content (AvgIpc) is 2.63. The normalized spacial score (nSPS) is 13.6. The van der Waals surface area contributed by atoms with Crippen LogP contribution in [-0.2, 0) is 19.3 Å². The van der Waals surface area contributed by atoms with E-state index in [1.165, 1.54) is 17.7 Å². The maximum absolute atomic E-state index is 15.0. The molecule has 2 aromatic rings. The molecular weight excluding hydrogens is 321 g/mol. The van der Waals surface area contributed by atoms with Crippen molar-refractivity contribution in [2.24, 2.45) is 0 Å². The van der Waals surface area contributed by atoms with Crippen molar-refractivity contribution in [1.82, 2.24) is 0 Å². The molecule has 0 spiro atoms. The lowest BCUT2D eigenvalue weighted by atomic mass is 9.86. The number of rotatable bonds is 5. The highest BCUT2D eigenvalue weighted by Gasteiger charge is 2.21. The van der Waals surface area contributed by atoms with Gasteiger partial charge in [0.1, 0.15) is 5.82 Å². The van der Waals surface area contributed by atoms with Gasteiger partial charge in [0.2, 0.25) is 0 Å². The van der Waals surface area contributed by atoms with Gasteiger partial charge < -0.3 is 0 Å². The second-order valence-corrected chi connectivity index (χ2v) is 6.67. The number of aryl methyl sites for hydroxylation is 1. The van der Waals surface area contributed by atoms with Gasteiger partial charge in [0, 0.05) is 11.1 Å². The van der Waals surface area contributed by atoms with Gasteiger partial charge in [-0.1, -0.05) is 56.2 Å². The third-order valence-electron chi connectivity index (χ3n) is 5.04. The van der Waals surface area contributed by atoms with Crippen LogP contribution in [-0.4, -0.2) is 0 Å². The standard InChI is InChI=1S/C22H23F3/c1-3-5-6-14-7-10-17-16(13-14)9-12-18(21(17)24)19-11-8-15(4-2)20(23)22(19)25/h7-9,11-12H,3-6,10,13H2,1-2H3. The van der Waals surface area contributed by atoms with Crippen LogP contribution >= 0.6 is 0 Å². The molecule has 0 N–H and O–H groups in total. The molecule has 0 saturated carbocycles. The molecule has 0 aliphatic heterocycles. The summed E-state index contributed by atoms with van der Waals surface area (Å²) in [5, 5.41) is 0. The summed E-state index contributed by atoms with van der Waals surface area (Å²) in [6.07, 6.45) is 7.07. The fourth-order valence-electron chi connectivity index (χ4n) is 3.48. The quantitative estimate of drug-likeness (QED) is 0.540. The Morgan fingerprint density at radius 2 is 1.60 bits per heavy atom. The predicted octanol–water partition coefficient (Wildman–Crippen LogP) is 6.55. The second-order valence-electron chi connectivity index (χ2n) is 6.67. The summed E-state index contributed by atoms with van der Waals surface area (Å²) in [4.78, 5) is 0. The van der Waals surface area contributed by atoms with E-state index in [4.69, 9.17) is 0 Å². The lowest BCUT2D eigenvalue weighted by molar-refractivity contribution is 0.501. The molecule has 0 amide bonds. The van der Waals surface area contributed by atoms with E-state index in [2.05, 4.69) is 13.0 Å². The van der Waals surface area contributed by atoms with Crippen molar-refractivity contribution >= 4 is 0 Å². The van der Waals surface area contributed by atoms with Crippen LogP contribution in [0.2, 0.25) is 0 Å². The molecule has 1 aliphatic carbocycles. The molecule has 0 fully saturated rings. The Hall–Kier alpha value is -2.03. The monoisotopic (exact) mass is 344 g/mol. The SMILES string of the molecule is CCCCC1=CCc2c(ccc(-c3ccc(CC)c(F)c3F)c2F)C1. The van der Waals surface area contributed by atoms with Gasteiger partial charge in [-0.3, -0.25) is 0 Å². The van der Waals surface area contributed by atoms with Crippen LogP contribution in [0.5, 0.6) is 0 Å². The van der Waals surface area contributed by atoms with E-state index >= 15 is 0 Å². The van der Waals surface area contributed by atoms with E-state index < -0.39 is 17.5 Å². The van der Waals surface area contributed by atoms with E-state index in [1.54, 1.807) is 13.0 Å². The molecule has 0 radical (unpaired) electrons. The van der Waals surface area contributed by atoms with Gasteiger partial charge in [-0.2, -0.15) is 0 Å². The molecule has 0 aromatic heterocycles. The third-order valence-corrected chi connectivity index (χ3v) is 5.04. The average molecular weight is 344 g/mol. The van der Waals surface area contributed by atoms with Gasteiger partial charge in [0.25, 0.3) is 0 Å². The Morgan fingerprint density at radius 1 is 0.880 bits per heavy atom. The van der Waals surface area contributed by atoms with Crippen molar-refractivity contribution in [2.75, 3.05) is 0 Å². The fourth-order valence-corrected chi connectivity index (χ4v) is 3.48. The zero-order valence-electron chi connectivity index (χ0n) is 14.8. The molecular formula is C22H23F3. The van der Waals surface area contributed by atoms with Crippen molar-refractivity contribution in [3.05, 3.63) is 70.1 Å². The first-order valence-corrected chi connectivity index (χ1v) is 9.02. The highest BCUT2D eigenvalue weighted by Crippen LogP contribution is 2.34. The molecule has 0 nitrogen and oxygen atoms in total. The number of fused-ring (bicyclic) bond motifs is 1. The number of halogens is 3. The van der Waals surface area contributed by atoms with Crippen LogP contribution in [0.3, 0.4) is 0 Å². The van der Waals surface area contributed by atoms with E-state index in [0.29, 0.717) is 24.0 Å². The first-order valence-electron chi connectivity index (χ1n) is 9.02. The summed E-state index contributed by atoms with van der Waals surface area (Å²) < 4.78 is 43.5. The third kappa shape index (κ3) is 3.37. The van der Waals surface area contributed by atoms with Gasteiger partial charge >= 0.3 is 0 Å². The minimum atomic E-state index is -0.965. The molecule has 0 saturated heterocycles. The fraction of sp³-hybridized carbons (Fsp3) is 0.364. The Labute approximate surface area is 147 Å². The van der Waals surface area contributed by atoms with Gasteiger partial charge in [-0.25, -0.2) is 13.2 Å². The predicted molar refractivity (Wildman–Crippen MR) is 96.1 cm³/mol. The Kier molecular flexibility index (Phi) is 5.31. The molecule has 3 rings (SSSR count). The van der Waals surface area contributed by atoms with Crippen molar-refractivity contribution < 1.29 is 13.2 Å². The van der Waals surface area contributed by atoms with E-state index in [1.807, 2.05) is 6.07 Å². The zero-order valence-corrected chi connectivity index (χ0v) is 14.8. The molecule has 0 heterocycles. The Balaban J connectivity index is 1.97. The van der Waals surface area contributed by atoms with Crippen LogP contribution in [0.1, 0.15) is 49.8 Å². The molecule has 132 valence electrons. The van der Waals surface area contributed by atoms with Crippen molar-refractivity contribution in [1.29, 1.82) is 0 Å². The highest BCUT2D eigenvalue weighted by molar-refractivity contribution is 5.67. The molecule has 0 bridgehead atoms. The second kappa shape index (κ2) is 7.47. The molecule has 25 heavy (non-hydrogen) atoms. The van der Waals surface area contributed by atoms with Crippen LogP contribution in [0.25, 0.3) is 11.1 Å². The van der Waals surface area contributed by atoms with Crippen molar-refractivity contribution in [2.45, 2.75) is 52.4 Å². The first-order chi connectivity index (χ1) is 12.1. The van der Waals surface area contributed by atoms with Crippen LogP contribution in [0, 0.1) is 17.5 Å². The minimum absolute atomic E-state index is 0.00393. The Morgan fingerprint density at radius 3 is 2.32 bits per heavy atom. The minimum Gasteiger partial charge on any atom is -0.206 e. The van der Waals surface area contributed by atoms with E-state index in [0.717, 1.165) is 31.2 Å². The highest BCUT2D eigenvalue weighted by atomic mass is 19.2. The van der Waals surface area contributed by atoms with Gasteiger partial charge in [0.15, 0.2) is 11.6 Å². The summed E-state index contributed by atoms with van der Waals surface area (Å²) >= 11 is 0. The smallest absolute Gasteiger partial charge is 0.167 e. The number of unbranched alkanes of at least 4 members (excludes halogenated alkanes) is 1. The molecule has 1 aliphatic rings. The number of hydrogen-bond acceptors (Lipinski definition) is 0. The topological polar surface area (TPSA) is 0 Å². The molecule has 2 aromatic carbocycles. The zero-order chi connectivity index (χ0) is 18.0. The maximum Gasteiger partial charge on any atom is 0.167 e. The Bertz CT molecular complexity index is 819. The van der Waals surface area contributed by atoms with E-state index in [9.17, 15) is 13.2 Å². The molecule has 0 atom stereocenters. The number of benzene rings is 2. The van der Waals surface area contributed by atoms with Gasteiger partial charge in [-0.05, 0) is 48.8 Å². The molecule has 0 unspecified atom stereocenters. The maximum atomic E-state index is 15.0. The van der Waals surface area contributed by atoms with Gasteiger partial charge in [-0.15, -0.1) is 0 Å². The summed E-state index contributed by atoms with van der Waals surface area (Å²) in [5.41, 5.74) is 3.35. The van der Waals surface area contributed by atoms with Crippen LogP contribution < -0.4 is 0 Å². The van der Waals surface area contributed by atoms with Crippen molar-refractivity contribution in [3.63, 3.8) is 0 Å². The largest absolute Gasteiger partial charge is 0.206 e. The summed E-state index contributed by atoms with van der Waals surface area (Å²) in [6.45, 7) is 3.92. The number of hydrogen-bond donors (Lipinski definition) is 0. The lowest BCUT2D eigenvalue weighted by Gasteiger charge is -2.20. The first kappa shape index (κ1) is 17.8.